The molecular weight excluding hydrogens is 434 g/mol. The fraction of sp³-hybridized carbons (Fsp3) is 0.308. The Morgan fingerprint density at radius 1 is 0.970 bits per heavy atom. The average Bonchev–Trinajstić information content (AvgIpc) is 3.48. The maximum atomic E-state index is 6.49. The number of nitrogens with zero attached hydrogens (tertiary/aromatic N) is 3. The van der Waals surface area contributed by atoms with E-state index in [0.717, 1.165) is 33.8 Å². The molecule has 0 N–H and O–H groups in total. The number of hydrogen-bond acceptors (Lipinski definition) is 6. The third-order valence-electron chi connectivity index (χ3n) is 5.82. The van der Waals surface area contributed by atoms with E-state index in [0.29, 0.717) is 19.8 Å². The van der Waals surface area contributed by atoms with Crippen LogP contribution in [0.4, 0.5) is 0 Å². The van der Waals surface area contributed by atoms with Gasteiger partial charge in [-0.15, -0.1) is 11.8 Å². The zero-order valence-electron chi connectivity index (χ0n) is 18.5. The average molecular weight is 462 g/mol. The molecule has 5 rings (SSSR count). The van der Waals surface area contributed by atoms with Gasteiger partial charge in [0.2, 0.25) is 0 Å². The van der Waals surface area contributed by atoms with Gasteiger partial charge in [0.15, 0.2) is 0 Å². The van der Waals surface area contributed by atoms with Gasteiger partial charge in [-0.25, -0.2) is 9.50 Å². The van der Waals surface area contributed by atoms with Crippen molar-refractivity contribution in [2.75, 3.05) is 12.9 Å². The Bertz CT molecular complexity index is 1170. The monoisotopic (exact) mass is 461 g/mol. The molecule has 0 spiro atoms. The molecular formula is C26H27N3O3S. The second kappa shape index (κ2) is 10.5. The Balaban J connectivity index is 1.32. The molecule has 7 heteroatoms. The molecule has 0 bridgehead atoms. The molecule has 1 aliphatic rings. The lowest BCUT2D eigenvalue weighted by Crippen LogP contribution is -2.19. The van der Waals surface area contributed by atoms with Gasteiger partial charge >= 0.3 is 0 Å². The molecule has 3 heterocycles. The molecule has 170 valence electrons. The smallest absolute Gasteiger partial charge is 0.137 e. The first-order chi connectivity index (χ1) is 16.3. The van der Waals surface area contributed by atoms with Crippen molar-refractivity contribution in [3.8, 4) is 0 Å². The van der Waals surface area contributed by atoms with Crippen molar-refractivity contribution < 1.29 is 14.2 Å². The third kappa shape index (κ3) is 5.12. The number of fused-ring (bicyclic) bond motifs is 1. The highest BCUT2D eigenvalue weighted by Crippen LogP contribution is 2.37. The number of aromatic nitrogens is 3. The van der Waals surface area contributed by atoms with Gasteiger partial charge in [0.25, 0.3) is 0 Å². The number of benzene rings is 2. The van der Waals surface area contributed by atoms with Crippen LogP contribution in [-0.4, -0.2) is 39.7 Å². The lowest BCUT2D eigenvalue weighted by Gasteiger charge is -2.19. The quantitative estimate of drug-likeness (QED) is 0.324. The van der Waals surface area contributed by atoms with E-state index in [2.05, 4.69) is 46.5 Å². The fourth-order valence-electron chi connectivity index (χ4n) is 4.22. The normalized spacial score (nSPS) is 20.5. The van der Waals surface area contributed by atoms with E-state index >= 15 is 0 Å². The minimum absolute atomic E-state index is 0.0492. The zero-order chi connectivity index (χ0) is 22.5. The van der Waals surface area contributed by atoms with E-state index in [9.17, 15) is 0 Å². The summed E-state index contributed by atoms with van der Waals surface area (Å²) in [7, 11) is 0. The van der Waals surface area contributed by atoms with Crippen LogP contribution in [-0.2, 0) is 27.4 Å². The predicted molar refractivity (Wildman–Crippen MR) is 128 cm³/mol. The van der Waals surface area contributed by atoms with Crippen LogP contribution in [0.5, 0.6) is 0 Å². The summed E-state index contributed by atoms with van der Waals surface area (Å²) in [6, 6.07) is 24.6. The van der Waals surface area contributed by atoms with E-state index in [4.69, 9.17) is 14.2 Å². The van der Waals surface area contributed by atoms with Crippen LogP contribution in [0.1, 0.15) is 29.3 Å². The van der Waals surface area contributed by atoms with Crippen molar-refractivity contribution in [1.82, 2.24) is 14.6 Å². The second-order valence-electron chi connectivity index (χ2n) is 8.07. The molecule has 4 aromatic rings. The highest BCUT2D eigenvalue weighted by atomic mass is 32.2. The summed E-state index contributed by atoms with van der Waals surface area (Å²) in [5.41, 5.74) is 4.26. The van der Waals surface area contributed by atoms with E-state index in [1.165, 1.54) is 0 Å². The topological polar surface area (TPSA) is 57.9 Å². The van der Waals surface area contributed by atoms with Gasteiger partial charge in [-0.3, -0.25) is 0 Å². The van der Waals surface area contributed by atoms with Crippen molar-refractivity contribution in [1.29, 1.82) is 0 Å². The molecule has 1 saturated heterocycles. The lowest BCUT2D eigenvalue weighted by molar-refractivity contribution is -0.0512. The summed E-state index contributed by atoms with van der Waals surface area (Å²) in [6.07, 6.45) is 4.00. The molecule has 1 aliphatic heterocycles. The van der Waals surface area contributed by atoms with E-state index in [1.54, 1.807) is 18.1 Å². The standard InChI is InChI=1S/C26H27N3O3S/c1-33-26-23-13-12-22(29(23)28-18-27-26)25-24(31-16-20-10-6-3-7-11-20)14-21(32-25)17-30-15-19-8-4-2-5-9-19/h2-13,18,21,24-25H,14-17H2,1H3/t21-,24+,25?/m0/s1. The van der Waals surface area contributed by atoms with Gasteiger partial charge in [0.1, 0.15) is 17.5 Å². The molecule has 2 aromatic carbocycles. The molecule has 0 aliphatic carbocycles. The van der Waals surface area contributed by atoms with Crippen molar-refractivity contribution in [2.45, 2.75) is 43.0 Å². The third-order valence-corrected chi connectivity index (χ3v) is 6.53. The Morgan fingerprint density at radius 2 is 1.70 bits per heavy atom. The van der Waals surface area contributed by atoms with Crippen LogP contribution in [0.15, 0.2) is 84.1 Å². The number of ether oxygens (including phenoxy) is 3. The summed E-state index contributed by atoms with van der Waals surface area (Å²) in [6.45, 7) is 1.63. The van der Waals surface area contributed by atoms with E-state index < -0.39 is 0 Å². The van der Waals surface area contributed by atoms with E-state index in [-0.39, 0.29) is 18.3 Å². The molecule has 1 fully saturated rings. The summed E-state index contributed by atoms with van der Waals surface area (Å²) < 4.78 is 20.8. The Hall–Kier alpha value is -2.71. The van der Waals surface area contributed by atoms with Crippen molar-refractivity contribution in [3.63, 3.8) is 0 Å². The number of rotatable bonds is 9. The maximum absolute atomic E-state index is 6.49. The molecule has 3 atom stereocenters. The van der Waals surface area contributed by atoms with E-state index in [1.807, 2.05) is 47.2 Å². The van der Waals surface area contributed by atoms with Crippen LogP contribution in [0.2, 0.25) is 0 Å². The van der Waals surface area contributed by atoms with Crippen LogP contribution in [0, 0.1) is 0 Å². The van der Waals surface area contributed by atoms with Crippen LogP contribution in [0.25, 0.3) is 5.52 Å². The molecule has 1 unspecified atom stereocenters. The van der Waals surface area contributed by atoms with Gasteiger partial charge in [-0.05, 0) is 29.5 Å². The number of thioether (sulfide) groups is 1. The van der Waals surface area contributed by atoms with Gasteiger partial charge in [0, 0.05) is 6.42 Å². The van der Waals surface area contributed by atoms with Crippen molar-refractivity contribution >= 4 is 17.3 Å². The van der Waals surface area contributed by atoms with Crippen LogP contribution < -0.4 is 0 Å². The first-order valence-corrected chi connectivity index (χ1v) is 12.3. The van der Waals surface area contributed by atoms with Gasteiger partial charge in [0.05, 0.1) is 43.2 Å². The highest BCUT2D eigenvalue weighted by Gasteiger charge is 2.39. The minimum Gasteiger partial charge on any atom is -0.374 e. The van der Waals surface area contributed by atoms with Crippen LogP contribution in [0.3, 0.4) is 0 Å². The molecule has 0 amide bonds. The molecule has 0 radical (unpaired) electrons. The first kappa shape index (κ1) is 22.1. The summed E-state index contributed by atoms with van der Waals surface area (Å²) in [5.74, 6) is 0. The first-order valence-electron chi connectivity index (χ1n) is 11.1. The van der Waals surface area contributed by atoms with Crippen LogP contribution >= 0.6 is 11.8 Å². The highest BCUT2D eigenvalue weighted by molar-refractivity contribution is 7.98. The molecule has 2 aromatic heterocycles. The lowest BCUT2D eigenvalue weighted by atomic mass is 10.1. The summed E-state index contributed by atoms with van der Waals surface area (Å²) in [4.78, 5) is 4.38. The minimum atomic E-state index is -0.230. The fourth-order valence-corrected chi connectivity index (χ4v) is 4.74. The zero-order valence-corrected chi connectivity index (χ0v) is 19.4. The largest absolute Gasteiger partial charge is 0.374 e. The molecule has 6 nitrogen and oxygen atoms in total. The van der Waals surface area contributed by atoms with Gasteiger partial charge in [-0.1, -0.05) is 60.7 Å². The Morgan fingerprint density at radius 3 is 2.42 bits per heavy atom. The van der Waals surface area contributed by atoms with Gasteiger partial charge < -0.3 is 14.2 Å². The summed E-state index contributed by atoms with van der Waals surface area (Å²) in [5, 5.41) is 5.44. The second-order valence-corrected chi connectivity index (χ2v) is 8.87. The molecule has 33 heavy (non-hydrogen) atoms. The SMILES string of the molecule is CSc1ncnn2c(C3O[C@H](COCc4ccccc4)C[C@H]3OCc3ccccc3)ccc12. The molecule has 0 saturated carbocycles. The van der Waals surface area contributed by atoms with Gasteiger partial charge in [-0.2, -0.15) is 5.10 Å². The Kier molecular flexibility index (Phi) is 7.02. The predicted octanol–water partition coefficient (Wildman–Crippen LogP) is 5.08. The maximum Gasteiger partial charge on any atom is 0.137 e. The van der Waals surface area contributed by atoms with Crippen molar-refractivity contribution in [3.05, 3.63) is 95.9 Å². The van der Waals surface area contributed by atoms with Crippen molar-refractivity contribution in [2.24, 2.45) is 0 Å². The number of hydrogen-bond donors (Lipinski definition) is 0. The Labute approximate surface area is 197 Å². The summed E-state index contributed by atoms with van der Waals surface area (Å²) >= 11 is 1.61.